The van der Waals surface area contributed by atoms with Gasteiger partial charge in [0.25, 0.3) is 0 Å². The summed E-state index contributed by atoms with van der Waals surface area (Å²) < 4.78 is 5.20. The minimum Gasteiger partial charge on any atom is -0.395 e. The van der Waals surface area contributed by atoms with E-state index >= 15 is 0 Å². The molecule has 1 aromatic heterocycles. The molecule has 2 heterocycles. The average molecular weight is 236 g/mol. The zero-order chi connectivity index (χ0) is 12.5. The fourth-order valence-electron chi connectivity index (χ4n) is 2.03. The van der Waals surface area contributed by atoms with E-state index in [0.717, 1.165) is 23.6 Å². The summed E-state index contributed by atoms with van der Waals surface area (Å²) in [7, 11) is 0. The van der Waals surface area contributed by atoms with Crippen LogP contribution in [0.15, 0.2) is 6.07 Å². The molecule has 1 aromatic rings. The lowest BCUT2D eigenvalue weighted by atomic mass is 9.85. The topological polar surface area (TPSA) is 55.2 Å². The van der Waals surface area contributed by atoms with Crippen LogP contribution in [0.3, 0.4) is 0 Å². The number of hydrogen-bond acceptors (Lipinski definition) is 4. The number of hydrogen-bond donors (Lipinski definition) is 1. The summed E-state index contributed by atoms with van der Waals surface area (Å²) in [5.74, 6) is 1.31. The van der Waals surface area contributed by atoms with Crippen molar-refractivity contribution in [2.75, 3.05) is 19.8 Å². The van der Waals surface area contributed by atoms with E-state index < -0.39 is 0 Å². The van der Waals surface area contributed by atoms with Crippen LogP contribution in [-0.2, 0) is 16.6 Å². The summed E-state index contributed by atoms with van der Waals surface area (Å²) >= 11 is 0. The highest BCUT2D eigenvalue weighted by Gasteiger charge is 2.43. The number of nitrogens with zero attached hydrogens (tertiary/aromatic N) is 2. The second-order valence-corrected chi connectivity index (χ2v) is 5.35. The number of aliphatic hydroxyl groups is 1. The summed E-state index contributed by atoms with van der Waals surface area (Å²) in [5.41, 5.74) is 1.66. The van der Waals surface area contributed by atoms with Gasteiger partial charge in [0.2, 0.25) is 0 Å². The first-order valence-corrected chi connectivity index (χ1v) is 6.09. The van der Waals surface area contributed by atoms with Crippen molar-refractivity contribution in [3.05, 3.63) is 23.3 Å². The molecule has 0 radical (unpaired) electrons. The predicted molar refractivity (Wildman–Crippen MR) is 64.9 cm³/mol. The number of aliphatic hydroxyl groups excluding tert-OH is 1. The lowest BCUT2D eigenvalue weighted by Crippen LogP contribution is -2.51. The molecule has 1 saturated heterocycles. The van der Waals surface area contributed by atoms with Gasteiger partial charge in [-0.3, -0.25) is 0 Å². The molecule has 0 atom stereocenters. The Labute approximate surface area is 102 Å². The molecule has 17 heavy (non-hydrogen) atoms. The Morgan fingerprint density at radius 1 is 1.41 bits per heavy atom. The molecule has 0 aromatic carbocycles. The largest absolute Gasteiger partial charge is 0.395 e. The molecule has 0 bridgehead atoms. The maximum atomic E-state index is 9.49. The van der Waals surface area contributed by atoms with E-state index in [1.807, 2.05) is 13.0 Å². The van der Waals surface area contributed by atoms with Crippen molar-refractivity contribution in [3.8, 4) is 0 Å². The Morgan fingerprint density at radius 3 is 2.59 bits per heavy atom. The molecule has 1 N–H and O–H groups in total. The van der Waals surface area contributed by atoms with Crippen LogP contribution in [0.1, 0.15) is 31.1 Å². The van der Waals surface area contributed by atoms with E-state index in [1.54, 1.807) is 0 Å². The maximum Gasteiger partial charge on any atom is 0.141 e. The van der Waals surface area contributed by atoms with Crippen molar-refractivity contribution in [1.82, 2.24) is 9.97 Å². The van der Waals surface area contributed by atoms with Crippen LogP contribution in [0.4, 0.5) is 0 Å². The SMILES string of the molecule is Cc1cc(CC(C)C)nc(C2(CO)COC2)n1. The fraction of sp³-hybridized carbons (Fsp3) is 0.692. The van der Waals surface area contributed by atoms with E-state index in [0.29, 0.717) is 19.1 Å². The van der Waals surface area contributed by atoms with Crippen molar-refractivity contribution < 1.29 is 9.84 Å². The van der Waals surface area contributed by atoms with Crippen LogP contribution >= 0.6 is 0 Å². The molecule has 1 fully saturated rings. The minimum absolute atomic E-state index is 0.0531. The number of aryl methyl sites for hydroxylation is 1. The Hall–Kier alpha value is -1.00. The molecular formula is C13H20N2O2. The lowest BCUT2D eigenvalue weighted by Gasteiger charge is -2.38. The van der Waals surface area contributed by atoms with Crippen molar-refractivity contribution in [1.29, 1.82) is 0 Å². The average Bonchev–Trinajstić information content (AvgIpc) is 2.14. The second kappa shape index (κ2) is 4.70. The number of rotatable bonds is 4. The Kier molecular flexibility index (Phi) is 3.45. The Balaban J connectivity index is 2.31. The van der Waals surface area contributed by atoms with Gasteiger partial charge in [0.15, 0.2) is 0 Å². The summed E-state index contributed by atoms with van der Waals surface area (Å²) in [6.07, 6.45) is 0.943. The smallest absolute Gasteiger partial charge is 0.141 e. The molecule has 1 aliphatic rings. The van der Waals surface area contributed by atoms with Gasteiger partial charge < -0.3 is 9.84 Å². The minimum atomic E-state index is -0.363. The normalized spacial score (nSPS) is 18.2. The van der Waals surface area contributed by atoms with E-state index in [1.165, 1.54) is 0 Å². The summed E-state index contributed by atoms with van der Waals surface area (Å²) in [6.45, 7) is 7.41. The maximum absolute atomic E-state index is 9.49. The quantitative estimate of drug-likeness (QED) is 0.854. The van der Waals surface area contributed by atoms with Crippen molar-refractivity contribution in [3.63, 3.8) is 0 Å². The van der Waals surface area contributed by atoms with Gasteiger partial charge in [0, 0.05) is 11.4 Å². The van der Waals surface area contributed by atoms with E-state index in [9.17, 15) is 5.11 Å². The van der Waals surface area contributed by atoms with Crippen LogP contribution in [-0.4, -0.2) is 34.9 Å². The van der Waals surface area contributed by atoms with Gasteiger partial charge in [-0.05, 0) is 25.3 Å². The van der Waals surface area contributed by atoms with Crippen molar-refractivity contribution in [2.45, 2.75) is 32.6 Å². The number of aromatic nitrogens is 2. The molecular weight excluding hydrogens is 216 g/mol. The third-order valence-corrected chi connectivity index (χ3v) is 3.06. The first-order chi connectivity index (χ1) is 8.05. The van der Waals surface area contributed by atoms with Gasteiger partial charge in [-0.1, -0.05) is 13.8 Å². The van der Waals surface area contributed by atoms with Crippen LogP contribution in [0, 0.1) is 12.8 Å². The van der Waals surface area contributed by atoms with E-state index in [-0.39, 0.29) is 12.0 Å². The number of ether oxygens (including phenoxy) is 1. The third-order valence-electron chi connectivity index (χ3n) is 3.06. The standard InChI is InChI=1S/C13H20N2O2/c1-9(2)4-11-5-10(3)14-12(15-11)13(6-16)7-17-8-13/h5,9,16H,4,6-8H2,1-3H3. The lowest BCUT2D eigenvalue weighted by molar-refractivity contribution is -0.0885. The van der Waals surface area contributed by atoms with Gasteiger partial charge >= 0.3 is 0 Å². The zero-order valence-electron chi connectivity index (χ0n) is 10.7. The molecule has 4 nitrogen and oxygen atoms in total. The van der Waals surface area contributed by atoms with Crippen LogP contribution in [0.25, 0.3) is 0 Å². The molecule has 0 saturated carbocycles. The summed E-state index contributed by atoms with van der Waals surface area (Å²) in [6, 6.07) is 2.02. The monoisotopic (exact) mass is 236 g/mol. The Morgan fingerprint density at radius 2 is 2.12 bits per heavy atom. The summed E-state index contributed by atoms with van der Waals surface area (Å²) in [5, 5.41) is 9.49. The van der Waals surface area contributed by atoms with Crippen molar-refractivity contribution >= 4 is 0 Å². The van der Waals surface area contributed by atoms with Gasteiger partial charge in [-0.25, -0.2) is 9.97 Å². The second-order valence-electron chi connectivity index (χ2n) is 5.35. The molecule has 0 unspecified atom stereocenters. The molecule has 0 spiro atoms. The molecule has 4 heteroatoms. The molecule has 2 rings (SSSR count). The third kappa shape index (κ3) is 2.48. The molecule has 0 aliphatic carbocycles. The molecule has 1 aliphatic heterocycles. The fourth-order valence-corrected chi connectivity index (χ4v) is 2.03. The van der Waals surface area contributed by atoms with Gasteiger partial charge in [0.1, 0.15) is 5.82 Å². The Bertz CT molecular complexity index is 395. The predicted octanol–water partition coefficient (Wildman–Crippen LogP) is 1.24. The van der Waals surface area contributed by atoms with Crippen LogP contribution < -0.4 is 0 Å². The zero-order valence-corrected chi connectivity index (χ0v) is 10.7. The van der Waals surface area contributed by atoms with Gasteiger partial charge in [-0.15, -0.1) is 0 Å². The van der Waals surface area contributed by atoms with Crippen molar-refractivity contribution in [2.24, 2.45) is 5.92 Å². The van der Waals surface area contributed by atoms with Gasteiger partial charge in [-0.2, -0.15) is 0 Å². The van der Waals surface area contributed by atoms with E-state index in [2.05, 4.69) is 23.8 Å². The molecule has 94 valence electrons. The molecule has 0 amide bonds. The highest BCUT2D eigenvalue weighted by molar-refractivity contribution is 5.19. The van der Waals surface area contributed by atoms with Gasteiger partial charge in [0.05, 0.1) is 25.2 Å². The highest BCUT2D eigenvalue weighted by atomic mass is 16.5. The first kappa shape index (κ1) is 12.5. The van der Waals surface area contributed by atoms with E-state index in [4.69, 9.17) is 4.74 Å². The highest BCUT2D eigenvalue weighted by Crippen LogP contribution is 2.29. The summed E-state index contributed by atoms with van der Waals surface area (Å²) in [4.78, 5) is 9.04. The van der Waals surface area contributed by atoms with Crippen LogP contribution in [0.5, 0.6) is 0 Å². The first-order valence-electron chi connectivity index (χ1n) is 6.09. The van der Waals surface area contributed by atoms with Crippen LogP contribution in [0.2, 0.25) is 0 Å².